The molecule has 0 aliphatic heterocycles. The molecule has 0 aliphatic carbocycles. The summed E-state index contributed by atoms with van der Waals surface area (Å²) in [4.78, 5) is 9.92. The number of benzene rings is 1. The molecule has 4 nitrogen and oxygen atoms in total. The Morgan fingerprint density at radius 3 is 2.15 bits per heavy atom. The Balaban J connectivity index is 0.00000144. The van der Waals surface area contributed by atoms with Crippen molar-refractivity contribution in [3.8, 4) is 5.75 Å². The quantitative estimate of drug-likeness (QED) is 0.398. The number of hydrogen-bond acceptors (Lipinski definition) is 4. The van der Waals surface area contributed by atoms with E-state index >= 15 is 0 Å². The monoisotopic (exact) mass is 210 g/mol. The summed E-state index contributed by atoms with van der Waals surface area (Å²) in [5.74, 6) is 0.129. The van der Waals surface area contributed by atoms with E-state index in [2.05, 4.69) is 4.18 Å². The molecule has 66 valence electrons. The van der Waals surface area contributed by atoms with Crippen molar-refractivity contribution in [1.82, 2.24) is 0 Å². The number of rotatable bonds is 3. The maximum absolute atomic E-state index is 10.6. The molecular formula is C7H7NaO4S. The molecule has 13 heavy (non-hydrogen) atoms. The second-order valence-corrected chi connectivity index (χ2v) is 3.33. The minimum atomic E-state index is -4.05. The zero-order valence-corrected chi connectivity index (χ0v) is 6.82. The maximum atomic E-state index is 10.6. The summed E-state index contributed by atoms with van der Waals surface area (Å²) in [5, 5.41) is 0. The average molecular weight is 210 g/mol. The Kier molecular flexibility index (Phi) is 5.24. The van der Waals surface area contributed by atoms with E-state index in [0.29, 0.717) is 0 Å². The fraction of sp³-hybridized carbons (Fsp3) is 0. The molecule has 0 radical (unpaired) electrons. The molecule has 1 rings (SSSR count). The Labute approximate surface area is 98.3 Å². The summed E-state index contributed by atoms with van der Waals surface area (Å²) in [5.41, 5.74) is -0.236. The molecular weight excluding hydrogens is 203 g/mol. The van der Waals surface area contributed by atoms with Crippen molar-refractivity contribution in [2.75, 3.05) is 0 Å². The van der Waals surface area contributed by atoms with Crippen LogP contribution in [-0.4, -0.2) is 43.6 Å². The molecule has 0 N–H and O–H groups in total. The molecule has 1 aromatic carbocycles. The fourth-order valence-corrected chi connectivity index (χ4v) is 1.05. The van der Waals surface area contributed by atoms with Gasteiger partial charge in [-0.1, -0.05) is 18.2 Å². The van der Waals surface area contributed by atoms with Crippen LogP contribution in [0.3, 0.4) is 0 Å². The number of hydrogen-bond donors (Lipinski definition) is 0. The van der Waals surface area contributed by atoms with Crippen LogP contribution < -0.4 is 4.18 Å². The molecule has 0 aromatic heterocycles. The van der Waals surface area contributed by atoms with Crippen molar-refractivity contribution >= 4 is 45.3 Å². The molecule has 1 aromatic rings. The standard InChI is InChI=1S/C7H6O4S.Na.H/c8-6-12(9,10)11-7-4-2-1-3-5-7;;/h1-6H;;. The van der Waals surface area contributed by atoms with Gasteiger partial charge in [0.25, 0.3) is 5.62 Å². The van der Waals surface area contributed by atoms with E-state index in [1.165, 1.54) is 12.1 Å². The second kappa shape index (κ2) is 5.39. The van der Waals surface area contributed by atoms with Crippen molar-refractivity contribution in [3.63, 3.8) is 0 Å². The Hall–Kier alpha value is -0.360. The third kappa shape index (κ3) is 4.42. The summed E-state index contributed by atoms with van der Waals surface area (Å²) in [6, 6.07) is 7.81. The first-order chi connectivity index (χ1) is 5.64. The second-order valence-electron chi connectivity index (χ2n) is 1.99. The van der Waals surface area contributed by atoms with Gasteiger partial charge in [0.1, 0.15) is 5.75 Å². The molecule has 6 heteroatoms. The minimum absolute atomic E-state index is 0. The van der Waals surface area contributed by atoms with Gasteiger partial charge >= 0.3 is 39.7 Å². The normalized spacial score (nSPS) is 9.85. The Bertz CT molecular complexity index is 359. The van der Waals surface area contributed by atoms with E-state index in [1.807, 2.05) is 0 Å². The molecule has 0 heterocycles. The van der Waals surface area contributed by atoms with Gasteiger partial charge in [0.15, 0.2) is 0 Å². The van der Waals surface area contributed by atoms with E-state index in [4.69, 9.17) is 0 Å². The van der Waals surface area contributed by atoms with E-state index < -0.39 is 10.1 Å². The molecule has 0 bridgehead atoms. The molecule has 0 spiro atoms. The average Bonchev–Trinajstić information content (AvgIpc) is 2.06. The van der Waals surface area contributed by atoms with Crippen molar-refractivity contribution in [2.24, 2.45) is 0 Å². The molecule has 0 amide bonds. The van der Waals surface area contributed by atoms with Crippen LogP contribution in [0.1, 0.15) is 0 Å². The molecule has 0 atom stereocenters. The number of carbonyl (C=O) groups is 1. The summed E-state index contributed by atoms with van der Waals surface area (Å²) in [6.07, 6.45) is 0. The van der Waals surface area contributed by atoms with Crippen LogP contribution in [0.15, 0.2) is 30.3 Å². The van der Waals surface area contributed by atoms with Crippen LogP contribution in [0.2, 0.25) is 0 Å². The molecule has 0 saturated carbocycles. The van der Waals surface area contributed by atoms with Crippen LogP contribution in [0.4, 0.5) is 0 Å². The molecule has 0 aliphatic rings. The predicted octanol–water partition coefficient (Wildman–Crippen LogP) is -0.0631. The Morgan fingerprint density at radius 2 is 1.69 bits per heavy atom. The van der Waals surface area contributed by atoms with Gasteiger partial charge in [0.2, 0.25) is 0 Å². The third-order valence-electron chi connectivity index (χ3n) is 1.07. The van der Waals surface area contributed by atoms with Gasteiger partial charge in [-0.05, 0) is 12.1 Å². The zero-order chi connectivity index (χ0) is 9.03. The van der Waals surface area contributed by atoms with Gasteiger partial charge in [-0.3, -0.25) is 4.79 Å². The third-order valence-corrected chi connectivity index (χ3v) is 1.73. The van der Waals surface area contributed by atoms with Gasteiger partial charge in [-0.15, -0.1) is 0 Å². The summed E-state index contributed by atoms with van der Waals surface area (Å²) in [6.45, 7) is 0. The van der Waals surface area contributed by atoms with Crippen LogP contribution in [0.5, 0.6) is 5.75 Å². The summed E-state index contributed by atoms with van der Waals surface area (Å²) >= 11 is 0. The first kappa shape index (κ1) is 12.6. The van der Waals surface area contributed by atoms with Crippen molar-refractivity contribution in [3.05, 3.63) is 30.3 Å². The van der Waals surface area contributed by atoms with Gasteiger partial charge in [0.05, 0.1) is 0 Å². The molecule has 0 unspecified atom stereocenters. The molecule has 0 fully saturated rings. The number of carbonyl (C=O) groups excluding carboxylic acids is 1. The van der Waals surface area contributed by atoms with E-state index in [1.54, 1.807) is 18.2 Å². The van der Waals surface area contributed by atoms with Crippen LogP contribution in [0, 0.1) is 0 Å². The summed E-state index contributed by atoms with van der Waals surface area (Å²) < 4.78 is 25.5. The van der Waals surface area contributed by atoms with Gasteiger partial charge in [-0.25, -0.2) is 0 Å². The topological polar surface area (TPSA) is 60.4 Å². The van der Waals surface area contributed by atoms with Crippen molar-refractivity contribution in [1.29, 1.82) is 0 Å². The Morgan fingerprint density at radius 1 is 1.15 bits per heavy atom. The fourth-order valence-electron chi connectivity index (χ4n) is 0.630. The van der Waals surface area contributed by atoms with Gasteiger partial charge < -0.3 is 4.18 Å². The van der Waals surface area contributed by atoms with Crippen molar-refractivity contribution < 1.29 is 17.4 Å². The first-order valence-electron chi connectivity index (χ1n) is 3.09. The molecule has 0 saturated heterocycles. The van der Waals surface area contributed by atoms with Crippen LogP contribution >= 0.6 is 0 Å². The van der Waals surface area contributed by atoms with Gasteiger partial charge in [0, 0.05) is 0 Å². The van der Waals surface area contributed by atoms with E-state index in [9.17, 15) is 13.2 Å². The van der Waals surface area contributed by atoms with Crippen LogP contribution in [0.25, 0.3) is 0 Å². The van der Waals surface area contributed by atoms with Crippen LogP contribution in [-0.2, 0) is 14.9 Å². The van der Waals surface area contributed by atoms with E-state index in [0.717, 1.165) is 0 Å². The van der Waals surface area contributed by atoms with E-state index in [-0.39, 0.29) is 40.9 Å². The van der Waals surface area contributed by atoms with Gasteiger partial charge in [-0.2, -0.15) is 8.42 Å². The SMILES string of the molecule is O=CS(=O)(=O)Oc1ccccc1.[NaH]. The number of para-hydroxylation sites is 1. The first-order valence-corrected chi connectivity index (χ1v) is 4.56. The summed E-state index contributed by atoms with van der Waals surface area (Å²) in [7, 11) is -4.05. The van der Waals surface area contributed by atoms with Crippen molar-refractivity contribution in [2.45, 2.75) is 0 Å². The zero-order valence-electron chi connectivity index (χ0n) is 6.01. The predicted molar refractivity (Wildman–Crippen MR) is 49.9 cm³/mol.